The molecule has 3 saturated heterocycles. The van der Waals surface area contributed by atoms with Gasteiger partial charge >= 0.3 is 17.9 Å². The Kier molecular flexibility index (Phi) is 22.5. The maximum Gasteiger partial charge on any atom is 0.338 e. The van der Waals surface area contributed by atoms with Gasteiger partial charge in [0.2, 0.25) is 11.4 Å². The second-order valence-electron chi connectivity index (χ2n) is 24.5. The third-order valence-corrected chi connectivity index (χ3v) is 17.7. The number of anilines is 1. The minimum absolute atomic E-state index is 0. The first kappa shape index (κ1) is 67.5. The molecule has 6 aromatic carbocycles. The van der Waals surface area contributed by atoms with Crippen molar-refractivity contribution in [2.45, 2.75) is 123 Å². The molecule has 17 heteroatoms. The molecular formula is C73H81ClIN3O12. The molecular weight excluding hydrogens is 1270 g/mol. The van der Waals surface area contributed by atoms with E-state index >= 15 is 0 Å². The maximum atomic E-state index is 12.8. The quantitative estimate of drug-likeness (QED) is 0.0345. The molecule has 0 radical (unpaired) electrons. The predicted octanol–water partition coefficient (Wildman–Crippen LogP) is 6.75. The van der Waals surface area contributed by atoms with Crippen molar-refractivity contribution in [3.63, 3.8) is 0 Å². The van der Waals surface area contributed by atoms with E-state index in [9.17, 15) is 14.4 Å². The van der Waals surface area contributed by atoms with E-state index < -0.39 is 0 Å². The van der Waals surface area contributed by atoms with Gasteiger partial charge in [-0.15, -0.1) is 0 Å². The van der Waals surface area contributed by atoms with Crippen molar-refractivity contribution in [3.8, 4) is 0 Å². The van der Waals surface area contributed by atoms with Gasteiger partial charge in [0.05, 0.1) is 80.0 Å². The number of benzene rings is 6. The Bertz CT molecular complexity index is 3630. The Labute approximate surface area is 552 Å². The highest BCUT2D eigenvalue weighted by molar-refractivity contribution is 6.03. The van der Waals surface area contributed by atoms with E-state index in [0.29, 0.717) is 69.4 Å². The molecule has 15 nitrogen and oxygen atoms in total. The smallest absolute Gasteiger partial charge is 0.338 e. The molecule has 90 heavy (non-hydrogen) atoms. The summed E-state index contributed by atoms with van der Waals surface area (Å²) in [5.74, 6) is -0.987. The standard InChI is InChI=1S/C49H53N2O8.C24H28NO4.ClH.HI/c1-48(2)38-30-34(32-58-46(52)36-12-7-5-8-13-36)18-20-40(38)50(24-22-44-54-26-27-55-44)42(48)16-11-17-43-49(3,4)39-31-35(33-59-47(53)37-14-9-6-10-15-37)19-21-41(39)51(43)25-23-45-56-28-29-57-45;1-17-24(2,3)20-15-18(16-29-23(26)19-7-5-4-6-8-19)9-10-21(20)25(17)12-11-22-27-13-14-28-22;;/h5-21,30-31,44-45H,22-29,32-33H2,1-4H3;4-10,15,22H,11-14,16H2,1-3H3;2*1H/q2*+1;;/p-2. The Balaban J connectivity index is 0.000000260. The number of esters is 3. The van der Waals surface area contributed by atoms with Gasteiger partial charge in [0.25, 0.3) is 0 Å². The van der Waals surface area contributed by atoms with Crippen LogP contribution in [0.1, 0.15) is 132 Å². The Morgan fingerprint density at radius 3 is 1.34 bits per heavy atom. The molecule has 0 saturated carbocycles. The number of carbonyl (C=O) groups is 3. The van der Waals surface area contributed by atoms with Gasteiger partial charge in [-0.3, -0.25) is 0 Å². The maximum absolute atomic E-state index is 12.8. The number of nitrogens with zero attached hydrogens (tertiary/aromatic N) is 3. The fourth-order valence-electron chi connectivity index (χ4n) is 12.6. The molecule has 0 N–H and O–H groups in total. The van der Waals surface area contributed by atoms with Crippen molar-refractivity contribution in [3.05, 3.63) is 220 Å². The zero-order valence-corrected chi connectivity index (χ0v) is 55.3. The minimum atomic E-state index is -0.363. The first-order valence-corrected chi connectivity index (χ1v) is 30.8. The van der Waals surface area contributed by atoms with Crippen LogP contribution >= 0.6 is 0 Å². The summed E-state index contributed by atoms with van der Waals surface area (Å²) in [5.41, 5.74) is 14.3. The number of fused-ring (bicyclic) bond motifs is 3. The topological polar surface area (TPSA) is 144 Å². The monoisotopic (exact) mass is 1350 g/mol. The highest BCUT2D eigenvalue weighted by Crippen LogP contribution is 2.49. The second kappa shape index (κ2) is 30.0. The van der Waals surface area contributed by atoms with Crippen molar-refractivity contribution in [2.75, 3.05) is 64.2 Å². The van der Waals surface area contributed by atoms with E-state index in [1.54, 1.807) is 36.4 Å². The molecule has 0 aliphatic carbocycles. The van der Waals surface area contributed by atoms with E-state index in [1.807, 2.05) is 72.8 Å². The lowest BCUT2D eigenvalue weighted by Gasteiger charge is -2.27. The summed E-state index contributed by atoms with van der Waals surface area (Å²) in [6.07, 6.45) is 8.32. The first-order valence-electron chi connectivity index (χ1n) is 30.8. The summed E-state index contributed by atoms with van der Waals surface area (Å²) < 4.78 is 56.3. The van der Waals surface area contributed by atoms with Crippen LogP contribution in [0.25, 0.3) is 0 Å². The molecule has 3 fully saturated rings. The van der Waals surface area contributed by atoms with Gasteiger partial charge in [-0.1, -0.05) is 80.6 Å². The van der Waals surface area contributed by atoms with Crippen LogP contribution in [0.15, 0.2) is 170 Å². The first-order chi connectivity index (χ1) is 42.6. The lowest BCUT2D eigenvalue weighted by Crippen LogP contribution is -3.00. The van der Waals surface area contributed by atoms with E-state index in [4.69, 9.17) is 42.6 Å². The number of rotatable bonds is 20. The van der Waals surface area contributed by atoms with Gasteiger partial charge in [0.1, 0.15) is 19.8 Å². The largest absolute Gasteiger partial charge is 1.00 e. The summed E-state index contributed by atoms with van der Waals surface area (Å²) in [6, 6.07) is 46.3. The number of carbonyl (C=O) groups excluding carboxylic acids is 3. The molecule has 474 valence electrons. The van der Waals surface area contributed by atoms with Gasteiger partial charge in [0, 0.05) is 66.0 Å². The average Bonchev–Trinajstić information content (AvgIpc) is 1.70. The van der Waals surface area contributed by atoms with Gasteiger partial charge < -0.3 is 83.9 Å². The summed E-state index contributed by atoms with van der Waals surface area (Å²) in [6.45, 7) is 22.3. The van der Waals surface area contributed by atoms with Crippen LogP contribution in [0.5, 0.6) is 0 Å². The highest BCUT2D eigenvalue weighted by Gasteiger charge is 2.46. The van der Waals surface area contributed by atoms with Gasteiger partial charge in [-0.25, -0.2) is 14.4 Å². The minimum Gasteiger partial charge on any atom is -1.00 e. The lowest BCUT2D eigenvalue weighted by molar-refractivity contribution is -0.443. The number of hydrogen-bond donors (Lipinski definition) is 0. The van der Waals surface area contributed by atoms with E-state index in [2.05, 4.69) is 117 Å². The fourth-order valence-corrected chi connectivity index (χ4v) is 12.6. The van der Waals surface area contributed by atoms with Crippen molar-refractivity contribution in [1.29, 1.82) is 0 Å². The zero-order chi connectivity index (χ0) is 61.4. The van der Waals surface area contributed by atoms with E-state index in [-0.39, 0.29) is 109 Å². The van der Waals surface area contributed by atoms with Gasteiger partial charge in [0.15, 0.2) is 43.4 Å². The summed E-state index contributed by atoms with van der Waals surface area (Å²) in [5, 5.41) is 0. The van der Waals surface area contributed by atoms with Crippen LogP contribution in [0.3, 0.4) is 0 Å². The highest BCUT2D eigenvalue weighted by atomic mass is 127. The SMILES string of the molecule is CC1(C)C(/C=C/C=C2/N(CCC3OCCO3)c3ccc(COC(=O)c4ccccc4)cc3C2(C)C)=[N+](CCC2OCCO2)c2ccc(COC(=O)c3ccccc3)cc21.CC1=[N+](CCC2OCCO2)c2ccc(COC(=O)c3ccccc3)cc2C1(C)C.[Cl-].[I-]. The lowest BCUT2D eigenvalue weighted by atomic mass is 9.80. The number of allylic oxidation sites excluding steroid dienone is 4. The number of ether oxygens (including phenoxy) is 9. The second-order valence-corrected chi connectivity index (χ2v) is 24.5. The van der Waals surface area contributed by atoms with Crippen molar-refractivity contribution >= 4 is 46.4 Å². The average molecular weight is 1350 g/mol. The van der Waals surface area contributed by atoms with Crippen molar-refractivity contribution in [2.24, 2.45) is 0 Å². The zero-order valence-electron chi connectivity index (χ0n) is 52.4. The molecule has 6 aliphatic rings. The van der Waals surface area contributed by atoms with Crippen LogP contribution in [-0.4, -0.2) is 117 Å². The van der Waals surface area contributed by atoms with Crippen LogP contribution in [0.2, 0.25) is 0 Å². The van der Waals surface area contributed by atoms with E-state index in [0.717, 1.165) is 65.3 Å². The molecule has 6 aliphatic heterocycles. The third kappa shape index (κ3) is 15.2. The molecule has 0 atom stereocenters. The van der Waals surface area contributed by atoms with Crippen molar-refractivity contribution in [1.82, 2.24) is 0 Å². The summed E-state index contributed by atoms with van der Waals surface area (Å²) in [7, 11) is 0. The Hall–Kier alpha value is -6.87. The van der Waals surface area contributed by atoms with E-state index in [1.165, 1.54) is 28.1 Å². The molecule has 0 bridgehead atoms. The van der Waals surface area contributed by atoms with Crippen LogP contribution in [0.4, 0.5) is 17.1 Å². The Morgan fingerprint density at radius 1 is 0.500 bits per heavy atom. The van der Waals surface area contributed by atoms with Crippen molar-refractivity contribution < 1.29 is 103 Å². The molecule has 6 heterocycles. The normalized spacial score (nSPS) is 18.4. The predicted molar refractivity (Wildman–Crippen MR) is 336 cm³/mol. The fraction of sp³-hybridized carbons (Fsp3) is 0.384. The molecule has 0 unspecified atom stereocenters. The summed E-state index contributed by atoms with van der Waals surface area (Å²) in [4.78, 5) is 40.2. The van der Waals surface area contributed by atoms with Crippen LogP contribution in [-0.2, 0) is 78.7 Å². The molecule has 0 amide bonds. The molecule has 12 rings (SSSR count). The van der Waals surface area contributed by atoms with Crippen LogP contribution < -0.4 is 41.3 Å². The van der Waals surface area contributed by atoms with Gasteiger partial charge in [-0.05, 0) is 129 Å². The van der Waals surface area contributed by atoms with Crippen LogP contribution in [0, 0.1) is 0 Å². The number of halogens is 2. The third-order valence-electron chi connectivity index (χ3n) is 17.7. The summed E-state index contributed by atoms with van der Waals surface area (Å²) >= 11 is 0. The molecule has 0 spiro atoms. The molecule has 0 aromatic heterocycles. The van der Waals surface area contributed by atoms with Gasteiger partial charge in [-0.2, -0.15) is 9.15 Å². The Morgan fingerprint density at radius 2 is 0.889 bits per heavy atom. The number of hydrogen-bond acceptors (Lipinski definition) is 13. The molecule has 6 aromatic rings.